The number of carbonyl (C=O) groups is 4. The molecule has 8 aliphatic carbocycles. The minimum absolute atomic E-state index is 0.0181. The molecule has 10 heteroatoms. The van der Waals surface area contributed by atoms with E-state index >= 15 is 0 Å². The number of rotatable bonds is 5. The van der Waals surface area contributed by atoms with Crippen molar-refractivity contribution in [3.05, 3.63) is 47.6 Å². The Bertz CT molecular complexity index is 1700. The van der Waals surface area contributed by atoms with Crippen LogP contribution in [0.3, 0.4) is 0 Å². The number of Topliss-reactive ketones (excluding diaryl/α,β-unsaturated/α-hetero) is 2. The van der Waals surface area contributed by atoms with Crippen molar-refractivity contribution in [2.24, 2.45) is 69.0 Å². The second-order valence-corrected chi connectivity index (χ2v) is 19.9. The fraction of sp³-hybridized carbons (Fsp3) is 0.727. The van der Waals surface area contributed by atoms with Crippen LogP contribution in [0.4, 0.5) is 0 Å². The Hall–Kier alpha value is -2.60. The van der Waals surface area contributed by atoms with Gasteiger partial charge in [-0.25, -0.2) is 0 Å². The minimum atomic E-state index is -2.32. The van der Waals surface area contributed by atoms with E-state index in [0.29, 0.717) is 25.7 Å². The Kier molecular flexibility index (Phi) is 8.48. The van der Waals surface area contributed by atoms with Crippen LogP contribution in [0.2, 0.25) is 0 Å². The molecule has 6 N–H and O–H groups in total. The summed E-state index contributed by atoms with van der Waals surface area (Å²) in [5.74, 6) is -3.39. The first-order chi connectivity index (χ1) is 25.1. The van der Waals surface area contributed by atoms with E-state index in [1.165, 1.54) is 0 Å². The van der Waals surface area contributed by atoms with Crippen molar-refractivity contribution in [3.8, 4) is 0 Å². The molecule has 6 fully saturated rings. The van der Waals surface area contributed by atoms with Gasteiger partial charge < -0.3 is 30.6 Å². The molecule has 0 aromatic heterocycles. The monoisotopic (exact) mass is 746 g/mol. The molecular weight excluding hydrogens is 688 g/mol. The molecule has 294 valence electrons. The number of aliphatic hydroxyl groups is 6. The van der Waals surface area contributed by atoms with Gasteiger partial charge in [-0.15, -0.1) is 0 Å². The van der Waals surface area contributed by atoms with E-state index in [-0.39, 0.29) is 84.6 Å². The lowest BCUT2D eigenvalue weighted by Crippen LogP contribution is -2.66. The average Bonchev–Trinajstić information content (AvgIpc) is 3.53. The lowest BCUT2D eigenvalue weighted by Gasteiger charge is -2.61. The largest absolute Gasteiger partial charge is 0.393 e. The van der Waals surface area contributed by atoms with Crippen LogP contribution in [0.25, 0.3) is 0 Å². The van der Waals surface area contributed by atoms with Gasteiger partial charge in [-0.2, -0.15) is 0 Å². The van der Waals surface area contributed by atoms with E-state index in [0.717, 1.165) is 11.1 Å². The Morgan fingerprint density at radius 1 is 0.667 bits per heavy atom. The van der Waals surface area contributed by atoms with Gasteiger partial charge in [-0.1, -0.05) is 64.8 Å². The molecule has 10 nitrogen and oxygen atoms in total. The lowest BCUT2D eigenvalue weighted by atomic mass is 9.44. The van der Waals surface area contributed by atoms with Gasteiger partial charge in [0.15, 0.2) is 23.1 Å². The third kappa shape index (κ3) is 4.67. The molecule has 6 saturated carbocycles. The zero-order valence-corrected chi connectivity index (χ0v) is 32.4. The van der Waals surface area contributed by atoms with E-state index in [4.69, 9.17) is 0 Å². The number of fused-ring (bicyclic) bond motifs is 10. The van der Waals surface area contributed by atoms with Crippen LogP contribution in [-0.4, -0.2) is 89.4 Å². The topological polar surface area (TPSA) is 190 Å². The third-order valence-electron chi connectivity index (χ3n) is 17.6. The summed E-state index contributed by atoms with van der Waals surface area (Å²) < 4.78 is 0. The van der Waals surface area contributed by atoms with Crippen molar-refractivity contribution in [1.82, 2.24) is 0 Å². The lowest BCUT2D eigenvalue weighted by molar-refractivity contribution is -0.196. The summed E-state index contributed by atoms with van der Waals surface area (Å²) in [4.78, 5) is 53.4. The van der Waals surface area contributed by atoms with Crippen LogP contribution in [0.5, 0.6) is 0 Å². The van der Waals surface area contributed by atoms with Gasteiger partial charge in [0.1, 0.15) is 23.4 Å². The van der Waals surface area contributed by atoms with E-state index in [1.54, 1.807) is 38.2 Å². The second-order valence-electron chi connectivity index (χ2n) is 19.9. The fourth-order valence-corrected chi connectivity index (χ4v) is 15.1. The van der Waals surface area contributed by atoms with Crippen molar-refractivity contribution in [3.63, 3.8) is 0 Å². The number of carbonyl (C=O) groups excluding carboxylic acids is 4. The maximum absolute atomic E-state index is 14.4. The van der Waals surface area contributed by atoms with Crippen LogP contribution in [-0.2, 0) is 19.2 Å². The zero-order valence-electron chi connectivity index (χ0n) is 32.4. The summed E-state index contributed by atoms with van der Waals surface area (Å²) in [6.07, 6.45) is 6.00. The highest BCUT2D eigenvalue weighted by Crippen LogP contribution is 2.70. The first kappa shape index (κ1) is 38.3. The second kappa shape index (κ2) is 12.0. The van der Waals surface area contributed by atoms with Crippen molar-refractivity contribution < 1.29 is 49.8 Å². The number of allylic oxidation sites excluding steroid dienone is 8. The molecule has 0 saturated heterocycles. The van der Waals surface area contributed by atoms with E-state index < -0.39 is 68.8 Å². The van der Waals surface area contributed by atoms with Gasteiger partial charge in [-0.05, 0) is 111 Å². The molecule has 0 aliphatic heterocycles. The van der Waals surface area contributed by atoms with Crippen LogP contribution in [0.1, 0.15) is 92.9 Å². The molecule has 0 heterocycles. The third-order valence-corrected chi connectivity index (χ3v) is 17.6. The first-order valence-corrected chi connectivity index (χ1v) is 20.3. The van der Waals surface area contributed by atoms with Gasteiger partial charge in [-0.3, -0.25) is 19.2 Å². The quantitative estimate of drug-likeness (QED) is 0.244. The standard InChI is InChI=1S/C44H58O10/c1-21-15-25-27-9-13-43(53,41(27,5)19-31(47)33(25)39(3)11-7-23(45)17-29(21)39)37(51)35(49)36(50)38(52)44(54)14-10-28-26-16-22(2)30-18-24(46)8-12-40(30,4)34(26)32(48)20-42(28,44)6/h7-8,11-12,17-18,21-22,25-28,31-36,47-50,53-54H,9-10,13-16,19-20H2,1-6H3/t21-,22-,25-,26-,27-,28-,31?,32?,33+,34+,35?,36?,39-,40-,41-,42-,43-,44-/m0/s1. The van der Waals surface area contributed by atoms with E-state index in [2.05, 4.69) is 13.8 Å². The SMILES string of the molecule is C[C@H]1C[C@@H]2[C@H](C(O)C[C@@]3(C)[C@H]2CC[C@]3(O)C(=O)C(O)C(O)C(=O)[C@@]2(O)CC[C@H]3[C@@H]4C[C@H](C)C5=CC(=O)C=C[C@]5(C)[C@H]4C(O)C[C@@]32C)[C@@]2(C)C=CC(=O)C=C12. The van der Waals surface area contributed by atoms with Gasteiger partial charge in [0, 0.05) is 33.5 Å². The van der Waals surface area contributed by atoms with Gasteiger partial charge >= 0.3 is 0 Å². The van der Waals surface area contributed by atoms with Crippen LogP contribution in [0, 0.1) is 69.0 Å². The predicted octanol–water partition coefficient (Wildman–Crippen LogP) is 3.36. The van der Waals surface area contributed by atoms with Crippen molar-refractivity contribution >= 4 is 23.1 Å². The minimum Gasteiger partial charge on any atom is -0.393 e. The molecule has 8 aliphatic rings. The molecule has 4 unspecified atom stereocenters. The summed E-state index contributed by atoms with van der Waals surface area (Å²) in [5.41, 5.74) is -5.84. The van der Waals surface area contributed by atoms with Crippen molar-refractivity contribution in [1.29, 1.82) is 0 Å². The molecule has 0 radical (unpaired) electrons. The molecule has 18 atom stereocenters. The molecular formula is C44H58O10. The summed E-state index contributed by atoms with van der Waals surface area (Å²) in [6, 6.07) is 0. The summed E-state index contributed by atoms with van der Waals surface area (Å²) in [5, 5.41) is 71.6. The van der Waals surface area contributed by atoms with E-state index in [9.17, 15) is 49.8 Å². The number of ketones is 4. The predicted molar refractivity (Wildman–Crippen MR) is 197 cm³/mol. The van der Waals surface area contributed by atoms with Crippen molar-refractivity contribution in [2.45, 2.75) is 129 Å². The maximum atomic E-state index is 14.4. The van der Waals surface area contributed by atoms with Crippen LogP contribution >= 0.6 is 0 Å². The zero-order chi connectivity index (χ0) is 39.3. The van der Waals surface area contributed by atoms with Gasteiger partial charge in [0.2, 0.25) is 0 Å². The number of aliphatic hydroxyl groups excluding tert-OH is 4. The van der Waals surface area contributed by atoms with Crippen LogP contribution in [0.15, 0.2) is 47.6 Å². The highest BCUT2D eigenvalue weighted by Gasteiger charge is 2.72. The molecule has 8 rings (SSSR count). The van der Waals surface area contributed by atoms with Gasteiger partial charge in [0.05, 0.1) is 12.2 Å². The normalized spacial score (nSPS) is 52.8. The Morgan fingerprint density at radius 2 is 1.02 bits per heavy atom. The van der Waals surface area contributed by atoms with E-state index in [1.807, 2.05) is 26.0 Å². The van der Waals surface area contributed by atoms with Crippen molar-refractivity contribution in [2.75, 3.05) is 0 Å². The molecule has 0 bridgehead atoms. The number of hydrogen-bond acceptors (Lipinski definition) is 10. The summed E-state index contributed by atoms with van der Waals surface area (Å²) in [6.45, 7) is 11.7. The first-order valence-electron chi connectivity index (χ1n) is 20.3. The maximum Gasteiger partial charge on any atom is 0.196 e. The Morgan fingerprint density at radius 3 is 1.37 bits per heavy atom. The molecule has 0 aromatic carbocycles. The summed E-state index contributed by atoms with van der Waals surface area (Å²) in [7, 11) is 0. The summed E-state index contributed by atoms with van der Waals surface area (Å²) >= 11 is 0. The molecule has 0 aromatic rings. The highest BCUT2D eigenvalue weighted by atomic mass is 16.4. The van der Waals surface area contributed by atoms with Gasteiger partial charge in [0.25, 0.3) is 0 Å². The fourth-order valence-electron chi connectivity index (χ4n) is 15.1. The molecule has 0 spiro atoms. The Balaban J connectivity index is 1.04. The molecule has 54 heavy (non-hydrogen) atoms. The van der Waals surface area contributed by atoms with Crippen LogP contribution < -0.4 is 0 Å². The highest BCUT2D eigenvalue weighted by molar-refractivity contribution is 6.02. The smallest absolute Gasteiger partial charge is 0.196 e. The number of hydrogen-bond donors (Lipinski definition) is 6. The Labute approximate surface area is 317 Å². The average molecular weight is 747 g/mol. The molecule has 0 amide bonds.